The van der Waals surface area contributed by atoms with Crippen LogP contribution in [0, 0.1) is 23.7 Å². The molecule has 2 rings (SSSR count). The van der Waals surface area contributed by atoms with Crippen molar-refractivity contribution < 1.29 is 14.7 Å². The van der Waals surface area contributed by atoms with Gasteiger partial charge in [0.1, 0.15) is 0 Å². The second-order valence-corrected chi connectivity index (χ2v) is 5.59. The summed E-state index contributed by atoms with van der Waals surface area (Å²) in [6.07, 6.45) is 2.62. The van der Waals surface area contributed by atoms with Crippen molar-refractivity contribution in [2.24, 2.45) is 23.7 Å². The van der Waals surface area contributed by atoms with Gasteiger partial charge in [0.2, 0.25) is 5.91 Å². The number of hydrogen-bond donors (Lipinski definition) is 3. The molecule has 0 spiro atoms. The summed E-state index contributed by atoms with van der Waals surface area (Å²) in [4.78, 5) is 23.0. The molecule has 3 unspecified atom stereocenters. The minimum Gasteiger partial charge on any atom is -0.481 e. The van der Waals surface area contributed by atoms with E-state index in [0.717, 1.165) is 32.4 Å². The summed E-state index contributed by atoms with van der Waals surface area (Å²) in [7, 11) is 0. The van der Waals surface area contributed by atoms with Crippen LogP contribution in [0.3, 0.4) is 0 Å². The second-order valence-electron chi connectivity index (χ2n) is 5.59. The molecule has 2 fully saturated rings. The van der Waals surface area contributed by atoms with Crippen molar-refractivity contribution in [2.45, 2.75) is 26.2 Å². The van der Waals surface area contributed by atoms with Crippen molar-refractivity contribution >= 4 is 11.9 Å². The summed E-state index contributed by atoms with van der Waals surface area (Å²) in [6, 6.07) is 0. The number of carboxylic acids is 1. The van der Waals surface area contributed by atoms with Crippen LogP contribution in [0.25, 0.3) is 0 Å². The van der Waals surface area contributed by atoms with Crippen LogP contribution in [0.1, 0.15) is 26.2 Å². The highest BCUT2D eigenvalue weighted by atomic mass is 16.4. The smallest absolute Gasteiger partial charge is 0.306 e. The lowest BCUT2D eigenvalue weighted by Crippen LogP contribution is -2.50. The zero-order valence-corrected chi connectivity index (χ0v) is 10.8. The van der Waals surface area contributed by atoms with Crippen LogP contribution in [0.2, 0.25) is 0 Å². The summed E-state index contributed by atoms with van der Waals surface area (Å²) in [6.45, 7) is 4.29. The standard InChI is InChI=1S/C13H22N2O3/c1-8(10-5-14-6-10)12(16)15-7-9-3-2-4-11(9)13(17)18/h8-11,14H,2-7H2,1H3,(H,15,16)(H,17,18). The lowest BCUT2D eigenvalue weighted by molar-refractivity contribution is -0.143. The van der Waals surface area contributed by atoms with E-state index < -0.39 is 5.97 Å². The molecule has 3 atom stereocenters. The van der Waals surface area contributed by atoms with Gasteiger partial charge in [-0.1, -0.05) is 13.3 Å². The van der Waals surface area contributed by atoms with Crippen molar-refractivity contribution in [1.29, 1.82) is 0 Å². The van der Waals surface area contributed by atoms with Crippen LogP contribution in [0.4, 0.5) is 0 Å². The molecule has 5 nitrogen and oxygen atoms in total. The minimum atomic E-state index is -0.719. The molecule has 2 aliphatic rings. The Hall–Kier alpha value is -1.10. The van der Waals surface area contributed by atoms with Gasteiger partial charge in [-0.15, -0.1) is 0 Å². The molecule has 0 radical (unpaired) electrons. The van der Waals surface area contributed by atoms with E-state index in [4.69, 9.17) is 5.11 Å². The van der Waals surface area contributed by atoms with Gasteiger partial charge in [0.05, 0.1) is 5.92 Å². The van der Waals surface area contributed by atoms with Crippen LogP contribution >= 0.6 is 0 Å². The molecule has 3 N–H and O–H groups in total. The Morgan fingerprint density at radius 1 is 1.39 bits per heavy atom. The fraction of sp³-hybridized carbons (Fsp3) is 0.846. The molecular weight excluding hydrogens is 232 g/mol. The normalized spacial score (nSPS) is 29.6. The summed E-state index contributed by atoms with van der Waals surface area (Å²) < 4.78 is 0. The van der Waals surface area contributed by atoms with E-state index in [9.17, 15) is 9.59 Å². The highest BCUT2D eigenvalue weighted by Crippen LogP contribution is 2.31. The molecule has 1 heterocycles. The average molecular weight is 254 g/mol. The second kappa shape index (κ2) is 5.69. The first kappa shape index (κ1) is 13.3. The van der Waals surface area contributed by atoms with Gasteiger partial charge in [-0.25, -0.2) is 0 Å². The third-order valence-electron chi connectivity index (χ3n) is 4.45. The van der Waals surface area contributed by atoms with E-state index in [2.05, 4.69) is 10.6 Å². The van der Waals surface area contributed by atoms with E-state index in [1.807, 2.05) is 6.92 Å². The van der Waals surface area contributed by atoms with Gasteiger partial charge in [-0.2, -0.15) is 0 Å². The SMILES string of the molecule is CC(C(=O)NCC1CCCC1C(=O)O)C1CNC1. The van der Waals surface area contributed by atoms with Crippen molar-refractivity contribution in [1.82, 2.24) is 10.6 Å². The van der Waals surface area contributed by atoms with Crippen molar-refractivity contribution in [3.63, 3.8) is 0 Å². The van der Waals surface area contributed by atoms with Crippen LogP contribution in [0.5, 0.6) is 0 Å². The highest BCUT2D eigenvalue weighted by molar-refractivity contribution is 5.79. The Balaban J connectivity index is 1.76. The largest absolute Gasteiger partial charge is 0.481 e. The molecule has 5 heteroatoms. The number of amides is 1. The fourth-order valence-electron chi connectivity index (χ4n) is 2.88. The Kier molecular flexibility index (Phi) is 4.22. The summed E-state index contributed by atoms with van der Waals surface area (Å²) in [5, 5.41) is 15.2. The Bertz CT molecular complexity index is 328. The lowest BCUT2D eigenvalue weighted by Gasteiger charge is -2.32. The fourth-order valence-corrected chi connectivity index (χ4v) is 2.88. The zero-order chi connectivity index (χ0) is 13.1. The van der Waals surface area contributed by atoms with Gasteiger partial charge in [-0.3, -0.25) is 9.59 Å². The molecule has 0 aromatic carbocycles. The van der Waals surface area contributed by atoms with E-state index in [1.54, 1.807) is 0 Å². The maximum atomic E-state index is 11.9. The van der Waals surface area contributed by atoms with E-state index in [0.29, 0.717) is 12.5 Å². The quantitative estimate of drug-likeness (QED) is 0.666. The highest BCUT2D eigenvalue weighted by Gasteiger charge is 2.34. The number of nitrogens with one attached hydrogen (secondary N) is 2. The Labute approximate surface area is 107 Å². The number of carbonyl (C=O) groups excluding carboxylic acids is 1. The topological polar surface area (TPSA) is 78.4 Å². The lowest BCUT2D eigenvalue weighted by atomic mass is 9.88. The van der Waals surface area contributed by atoms with Gasteiger partial charge in [0.25, 0.3) is 0 Å². The van der Waals surface area contributed by atoms with Gasteiger partial charge >= 0.3 is 5.97 Å². The average Bonchev–Trinajstić information content (AvgIpc) is 2.71. The molecule has 1 aliphatic heterocycles. The summed E-state index contributed by atoms with van der Waals surface area (Å²) >= 11 is 0. The van der Waals surface area contributed by atoms with Crippen molar-refractivity contribution in [3.05, 3.63) is 0 Å². The summed E-state index contributed by atoms with van der Waals surface area (Å²) in [5.41, 5.74) is 0. The third-order valence-corrected chi connectivity index (χ3v) is 4.45. The molecule has 1 saturated heterocycles. The first-order valence-electron chi connectivity index (χ1n) is 6.81. The number of carbonyl (C=O) groups is 2. The molecule has 18 heavy (non-hydrogen) atoms. The monoisotopic (exact) mass is 254 g/mol. The zero-order valence-electron chi connectivity index (χ0n) is 10.8. The Morgan fingerprint density at radius 2 is 2.11 bits per heavy atom. The van der Waals surface area contributed by atoms with Gasteiger partial charge in [0.15, 0.2) is 0 Å². The molecular formula is C13H22N2O3. The molecule has 102 valence electrons. The van der Waals surface area contributed by atoms with Crippen LogP contribution in [-0.2, 0) is 9.59 Å². The van der Waals surface area contributed by atoms with Crippen molar-refractivity contribution in [3.8, 4) is 0 Å². The van der Waals surface area contributed by atoms with Crippen LogP contribution in [0.15, 0.2) is 0 Å². The molecule has 0 bridgehead atoms. The van der Waals surface area contributed by atoms with Crippen molar-refractivity contribution in [2.75, 3.05) is 19.6 Å². The maximum absolute atomic E-state index is 11.9. The minimum absolute atomic E-state index is 0.0240. The number of aliphatic carboxylic acids is 1. The molecule has 0 aromatic heterocycles. The van der Waals surface area contributed by atoms with Gasteiger partial charge in [0, 0.05) is 12.5 Å². The molecule has 0 aromatic rings. The van der Waals surface area contributed by atoms with E-state index in [1.165, 1.54) is 0 Å². The van der Waals surface area contributed by atoms with Gasteiger partial charge < -0.3 is 15.7 Å². The predicted octanol–water partition coefficient (Wildman–Crippen LogP) is 0.459. The van der Waals surface area contributed by atoms with E-state index >= 15 is 0 Å². The third kappa shape index (κ3) is 2.83. The van der Waals surface area contributed by atoms with Crippen LogP contribution < -0.4 is 10.6 Å². The van der Waals surface area contributed by atoms with Gasteiger partial charge in [-0.05, 0) is 37.8 Å². The number of carboxylic acid groups (broad SMARTS) is 1. The maximum Gasteiger partial charge on any atom is 0.306 e. The molecule has 1 aliphatic carbocycles. The first-order valence-corrected chi connectivity index (χ1v) is 6.81. The molecule has 1 amide bonds. The van der Waals surface area contributed by atoms with Crippen LogP contribution in [-0.4, -0.2) is 36.6 Å². The Morgan fingerprint density at radius 3 is 2.67 bits per heavy atom. The number of rotatable bonds is 5. The molecule has 1 saturated carbocycles. The summed E-state index contributed by atoms with van der Waals surface area (Å²) in [5.74, 6) is -0.357. The number of hydrogen-bond acceptors (Lipinski definition) is 3. The first-order chi connectivity index (χ1) is 8.59. The predicted molar refractivity (Wildman–Crippen MR) is 67.0 cm³/mol. The van der Waals surface area contributed by atoms with E-state index in [-0.39, 0.29) is 23.7 Å².